The average molecular weight is 213 g/mol. The molecule has 1 fully saturated rings. The molecule has 0 heterocycles. The molecule has 0 bridgehead atoms. The van der Waals surface area contributed by atoms with Gasteiger partial charge in [-0.2, -0.15) is 0 Å². The molecule has 16 heavy (non-hydrogen) atoms. The van der Waals surface area contributed by atoms with Crippen molar-refractivity contribution < 1.29 is 0 Å². The number of hydrogen-bond donors (Lipinski definition) is 1. The van der Waals surface area contributed by atoms with E-state index in [-0.39, 0.29) is 0 Å². The lowest BCUT2D eigenvalue weighted by molar-refractivity contribution is 0.267. The molecule has 84 valence electrons. The van der Waals surface area contributed by atoms with Gasteiger partial charge in [-0.1, -0.05) is 42.5 Å². The molecule has 0 spiro atoms. The molecule has 3 rings (SSSR count). The molecule has 1 saturated carbocycles. The molecule has 0 saturated heterocycles. The molecule has 1 nitrogen and oxygen atoms in total. The summed E-state index contributed by atoms with van der Waals surface area (Å²) in [6.45, 7) is 0. The Kier molecular flexibility index (Phi) is 2.79. The fourth-order valence-corrected chi connectivity index (χ4v) is 2.84. The molecule has 0 aromatic heterocycles. The first-order chi connectivity index (χ1) is 7.92. The summed E-state index contributed by atoms with van der Waals surface area (Å²) < 4.78 is 0. The SMILES string of the molecule is C1=CCC(NC2CC(c3ccccc3)C2)C1. The molecule has 1 heteroatoms. The van der Waals surface area contributed by atoms with Gasteiger partial charge in [0.15, 0.2) is 0 Å². The van der Waals surface area contributed by atoms with Crippen molar-refractivity contribution in [3.63, 3.8) is 0 Å². The topological polar surface area (TPSA) is 12.0 Å². The summed E-state index contributed by atoms with van der Waals surface area (Å²) in [6.07, 6.45) is 9.69. The van der Waals surface area contributed by atoms with E-state index in [9.17, 15) is 0 Å². The van der Waals surface area contributed by atoms with E-state index in [2.05, 4.69) is 47.8 Å². The molecule has 2 aliphatic carbocycles. The maximum absolute atomic E-state index is 3.75. The van der Waals surface area contributed by atoms with Crippen LogP contribution in [0.1, 0.15) is 37.2 Å². The smallest absolute Gasteiger partial charge is 0.0139 e. The van der Waals surface area contributed by atoms with Crippen LogP contribution in [-0.2, 0) is 0 Å². The standard InChI is InChI=1S/C15H19N/c1-2-6-12(7-3-1)13-10-15(11-13)16-14-8-4-5-9-14/h1-7,13-16H,8-11H2. The van der Waals surface area contributed by atoms with E-state index in [4.69, 9.17) is 0 Å². The zero-order chi connectivity index (χ0) is 10.8. The van der Waals surface area contributed by atoms with Crippen LogP contribution in [0.4, 0.5) is 0 Å². The molecule has 0 atom stereocenters. The van der Waals surface area contributed by atoms with Crippen molar-refractivity contribution in [2.24, 2.45) is 0 Å². The van der Waals surface area contributed by atoms with Crippen LogP contribution >= 0.6 is 0 Å². The van der Waals surface area contributed by atoms with E-state index in [1.165, 1.54) is 31.2 Å². The summed E-state index contributed by atoms with van der Waals surface area (Å²) in [5.74, 6) is 0.799. The van der Waals surface area contributed by atoms with Gasteiger partial charge >= 0.3 is 0 Å². The van der Waals surface area contributed by atoms with Crippen molar-refractivity contribution in [1.29, 1.82) is 0 Å². The van der Waals surface area contributed by atoms with Gasteiger partial charge in [0.1, 0.15) is 0 Å². The van der Waals surface area contributed by atoms with Crippen molar-refractivity contribution in [2.45, 2.75) is 43.7 Å². The van der Waals surface area contributed by atoms with Crippen LogP contribution < -0.4 is 5.32 Å². The summed E-state index contributed by atoms with van der Waals surface area (Å²) in [6, 6.07) is 12.4. The Morgan fingerprint density at radius 2 is 1.56 bits per heavy atom. The third kappa shape index (κ3) is 2.05. The first-order valence-electron chi connectivity index (χ1n) is 6.38. The normalized spacial score (nSPS) is 29.2. The zero-order valence-corrected chi connectivity index (χ0v) is 9.60. The van der Waals surface area contributed by atoms with Crippen LogP contribution in [0.15, 0.2) is 42.5 Å². The van der Waals surface area contributed by atoms with Crippen LogP contribution in [0.5, 0.6) is 0 Å². The maximum atomic E-state index is 3.75. The summed E-state index contributed by atoms with van der Waals surface area (Å²) in [5.41, 5.74) is 1.52. The van der Waals surface area contributed by atoms with Crippen molar-refractivity contribution >= 4 is 0 Å². The molecular weight excluding hydrogens is 194 g/mol. The minimum Gasteiger partial charge on any atom is -0.311 e. The summed E-state index contributed by atoms with van der Waals surface area (Å²) in [5, 5.41) is 3.75. The van der Waals surface area contributed by atoms with E-state index in [1.54, 1.807) is 0 Å². The number of nitrogens with one attached hydrogen (secondary N) is 1. The highest BCUT2D eigenvalue weighted by Crippen LogP contribution is 2.37. The Morgan fingerprint density at radius 1 is 0.875 bits per heavy atom. The zero-order valence-electron chi connectivity index (χ0n) is 9.60. The van der Waals surface area contributed by atoms with Gasteiger partial charge in [-0.3, -0.25) is 0 Å². The molecule has 0 aliphatic heterocycles. The Hall–Kier alpha value is -1.08. The third-order valence-electron chi connectivity index (χ3n) is 3.89. The lowest BCUT2D eigenvalue weighted by Crippen LogP contribution is -2.44. The van der Waals surface area contributed by atoms with Gasteiger partial charge in [0.05, 0.1) is 0 Å². The Labute approximate surface area is 97.6 Å². The monoisotopic (exact) mass is 213 g/mol. The summed E-state index contributed by atoms with van der Waals surface area (Å²) >= 11 is 0. The first kappa shape index (κ1) is 10.1. The van der Waals surface area contributed by atoms with Gasteiger partial charge in [-0.05, 0) is 37.2 Å². The number of rotatable bonds is 3. The maximum Gasteiger partial charge on any atom is 0.0139 e. The second-order valence-corrected chi connectivity index (χ2v) is 5.08. The van der Waals surface area contributed by atoms with Crippen molar-refractivity contribution in [3.8, 4) is 0 Å². The predicted molar refractivity (Wildman–Crippen MR) is 67.5 cm³/mol. The van der Waals surface area contributed by atoms with E-state index in [0.29, 0.717) is 0 Å². The largest absolute Gasteiger partial charge is 0.311 e. The fraction of sp³-hybridized carbons (Fsp3) is 0.467. The van der Waals surface area contributed by atoms with Crippen LogP contribution in [0.3, 0.4) is 0 Å². The van der Waals surface area contributed by atoms with Gasteiger partial charge in [0.2, 0.25) is 0 Å². The van der Waals surface area contributed by atoms with Crippen molar-refractivity contribution in [2.75, 3.05) is 0 Å². The summed E-state index contributed by atoms with van der Waals surface area (Å²) in [4.78, 5) is 0. The molecule has 1 N–H and O–H groups in total. The van der Waals surface area contributed by atoms with Gasteiger partial charge in [-0.15, -0.1) is 0 Å². The van der Waals surface area contributed by atoms with Crippen LogP contribution in [0.2, 0.25) is 0 Å². The highest BCUT2D eigenvalue weighted by atomic mass is 15.0. The number of hydrogen-bond acceptors (Lipinski definition) is 1. The van der Waals surface area contributed by atoms with Crippen molar-refractivity contribution in [1.82, 2.24) is 5.32 Å². The molecule has 1 aromatic carbocycles. The fourth-order valence-electron chi connectivity index (χ4n) is 2.84. The lowest BCUT2D eigenvalue weighted by Gasteiger charge is -2.38. The Balaban J connectivity index is 1.48. The van der Waals surface area contributed by atoms with Gasteiger partial charge in [0.25, 0.3) is 0 Å². The van der Waals surface area contributed by atoms with Crippen LogP contribution in [0, 0.1) is 0 Å². The molecule has 2 aliphatic rings. The molecule has 0 amide bonds. The van der Waals surface area contributed by atoms with E-state index in [0.717, 1.165) is 18.0 Å². The quantitative estimate of drug-likeness (QED) is 0.760. The minimum absolute atomic E-state index is 0.724. The lowest BCUT2D eigenvalue weighted by atomic mass is 9.75. The molecule has 0 radical (unpaired) electrons. The second-order valence-electron chi connectivity index (χ2n) is 5.08. The molecule has 1 aromatic rings. The summed E-state index contributed by atoms with van der Waals surface area (Å²) in [7, 11) is 0. The van der Waals surface area contributed by atoms with Crippen molar-refractivity contribution in [3.05, 3.63) is 48.0 Å². The third-order valence-corrected chi connectivity index (χ3v) is 3.89. The predicted octanol–water partition coefficient (Wildman–Crippen LogP) is 3.24. The van der Waals surface area contributed by atoms with Crippen LogP contribution in [-0.4, -0.2) is 12.1 Å². The van der Waals surface area contributed by atoms with Gasteiger partial charge in [-0.25, -0.2) is 0 Å². The highest BCUT2D eigenvalue weighted by molar-refractivity contribution is 5.22. The molecule has 0 unspecified atom stereocenters. The Morgan fingerprint density at radius 3 is 2.25 bits per heavy atom. The minimum atomic E-state index is 0.724. The van der Waals surface area contributed by atoms with Gasteiger partial charge in [0, 0.05) is 12.1 Å². The molecular formula is C15H19N. The Bertz CT molecular complexity index is 354. The highest BCUT2D eigenvalue weighted by Gasteiger charge is 2.31. The first-order valence-corrected chi connectivity index (χ1v) is 6.38. The average Bonchev–Trinajstić information content (AvgIpc) is 2.77. The van der Waals surface area contributed by atoms with E-state index >= 15 is 0 Å². The van der Waals surface area contributed by atoms with Crippen LogP contribution in [0.25, 0.3) is 0 Å². The number of benzene rings is 1. The second kappa shape index (κ2) is 4.42. The van der Waals surface area contributed by atoms with Gasteiger partial charge < -0.3 is 5.32 Å². The van der Waals surface area contributed by atoms with E-state index < -0.39 is 0 Å². The van der Waals surface area contributed by atoms with E-state index in [1.807, 2.05) is 0 Å².